The van der Waals surface area contributed by atoms with Gasteiger partial charge in [0.15, 0.2) is 0 Å². The molecule has 0 aliphatic carbocycles. The van der Waals surface area contributed by atoms with Gasteiger partial charge in [0, 0.05) is 19.3 Å². The summed E-state index contributed by atoms with van der Waals surface area (Å²) in [6.07, 6.45) is 0. The maximum Gasteiger partial charge on any atom is 0.0413 e. The monoisotopic (exact) mass is 164 g/mol. The second kappa shape index (κ2) is 3.59. The summed E-state index contributed by atoms with van der Waals surface area (Å²) in [5.74, 6) is 0. The number of anilines is 1. The first-order valence-corrected chi connectivity index (χ1v) is 4.17. The fourth-order valence-corrected chi connectivity index (χ4v) is 1.57. The largest absolute Gasteiger partial charge is 0.388 e. The van der Waals surface area contributed by atoms with Gasteiger partial charge < -0.3 is 11.1 Å². The smallest absolute Gasteiger partial charge is 0.0413 e. The lowest BCUT2D eigenvalue weighted by atomic mass is 10.0. The number of nitrogens with two attached hydrogens (primary N) is 1. The maximum absolute atomic E-state index is 5.62. The predicted molar refractivity (Wildman–Crippen MR) is 53.4 cm³/mol. The average Bonchev–Trinajstić information content (AvgIpc) is 2.03. The van der Waals surface area contributed by atoms with E-state index in [2.05, 4.69) is 31.3 Å². The van der Waals surface area contributed by atoms with Gasteiger partial charge in [-0.05, 0) is 25.0 Å². The van der Waals surface area contributed by atoms with Crippen LogP contribution in [0.1, 0.15) is 16.7 Å². The number of nitrogens with one attached hydrogen (secondary N) is 1. The summed E-state index contributed by atoms with van der Waals surface area (Å²) in [7, 11) is 1.93. The highest BCUT2D eigenvalue weighted by Crippen LogP contribution is 2.21. The summed E-state index contributed by atoms with van der Waals surface area (Å²) in [5, 5.41) is 3.16. The van der Waals surface area contributed by atoms with Gasteiger partial charge in [-0.25, -0.2) is 0 Å². The van der Waals surface area contributed by atoms with E-state index in [9.17, 15) is 0 Å². The van der Waals surface area contributed by atoms with E-state index < -0.39 is 0 Å². The van der Waals surface area contributed by atoms with Gasteiger partial charge in [-0.3, -0.25) is 0 Å². The Morgan fingerprint density at radius 2 is 2.00 bits per heavy atom. The molecular formula is C10H16N2. The van der Waals surface area contributed by atoms with E-state index in [0.29, 0.717) is 6.54 Å². The Kier molecular flexibility index (Phi) is 2.71. The van der Waals surface area contributed by atoms with Crippen molar-refractivity contribution in [2.24, 2.45) is 5.73 Å². The normalized spacial score (nSPS) is 10.0. The van der Waals surface area contributed by atoms with Crippen LogP contribution in [0.25, 0.3) is 0 Å². The van der Waals surface area contributed by atoms with Crippen LogP contribution >= 0.6 is 0 Å². The molecule has 2 heteroatoms. The van der Waals surface area contributed by atoms with Crippen LogP contribution < -0.4 is 11.1 Å². The number of hydrogen-bond donors (Lipinski definition) is 2. The molecular weight excluding hydrogens is 148 g/mol. The molecule has 1 rings (SSSR count). The zero-order chi connectivity index (χ0) is 9.14. The quantitative estimate of drug-likeness (QED) is 0.699. The van der Waals surface area contributed by atoms with Crippen molar-refractivity contribution in [2.75, 3.05) is 12.4 Å². The minimum atomic E-state index is 0.596. The molecule has 1 aromatic rings. The summed E-state index contributed by atoms with van der Waals surface area (Å²) >= 11 is 0. The molecule has 0 aromatic heterocycles. The Morgan fingerprint density at radius 1 is 1.33 bits per heavy atom. The summed E-state index contributed by atoms with van der Waals surface area (Å²) < 4.78 is 0. The molecule has 0 bridgehead atoms. The van der Waals surface area contributed by atoms with Crippen molar-refractivity contribution >= 4 is 5.69 Å². The average molecular weight is 164 g/mol. The van der Waals surface area contributed by atoms with Gasteiger partial charge in [0.1, 0.15) is 0 Å². The molecule has 12 heavy (non-hydrogen) atoms. The highest BCUT2D eigenvalue weighted by atomic mass is 14.8. The predicted octanol–water partition coefficient (Wildman–Crippen LogP) is 1.80. The number of rotatable bonds is 2. The minimum Gasteiger partial charge on any atom is -0.388 e. The molecule has 0 aliphatic rings. The number of benzene rings is 1. The topological polar surface area (TPSA) is 38.0 Å². The number of hydrogen-bond acceptors (Lipinski definition) is 2. The van der Waals surface area contributed by atoms with E-state index in [1.807, 2.05) is 7.05 Å². The Morgan fingerprint density at radius 3 is 2.50 bits per heavy atom. The first-order valence-electron chi connectivity index (χ1n) is 4.17. The van der Waals surface area contributed by atoms with Crippen molar-refractivity contribution in [3.63, 3.8) is 0 Å². The highest BCUT2D eigenvalue weighted by molar-refractivity contribution is 5.58. The van der Waals surface area contributed by atoms with E-state index >= 15 is 0 Å². The molecule has 0 atom stereocenters. The van der Waals surface area contributed by atoms with Crippen LogP contribution in [0.15, 0.2) is 12.1 Å². The third-order valence-electron chi connectivity index (χ3n) is 2.03. The van der Waals surface area contributed by atoms with Crippen molar-refractivity contribution in [3.8, 4) is 0 Å². The molecule has 0 radical (unpaired) electrons. The molecule has 2 nitrogen and oxygen atoms in total. The SMILES string of the molecule is CNc1c(C)cc(C)cc1CN. The molecule has 0 fully saturated rings. The van der Waals surface area contributed by atoms with Crippen molar-refractivity contribution < 1.29 is 0 Å². The highest BCUT2D eigenvalue weighted by Gasteiger charge is 2.02. The zero-order valence-electron chi connectivity index (χ0n) is 7.94. The van der Waals surface area contributed by atoms with Crippen molar-refractivity contribution in [2.45, 2.75) is 20.4 Å². The van der Waals surface area contributed by atoms with E-state index in [1.165, 1.54) is 22.4 Å². The lowest BCUT2D eigenvalue weighted by Crippen LogP contribution is -2.04. The van der Waals surface area contributed by atoms with Crippen molar-refractivity contribution in [1.82, 2.24) is 0 Å². The molecule has 0 aliphatic heterocycles. The van der Waals surface area contributed by atoms with Gasteiger partial charge >= 0.3 is 0 Å². The van der Waals surface area contributed by atoms with Crippen LogP contribution in [0.2, 0.25) is 0 Å². The third kappa shape index (κ3) is 1.59. The Labute approximate surface area is 73.8 Å². The number of aryl methyl sites for hydroxylation is 2. The summed E-state index contributed by atoms with van der Waals surface area (Å²) in [6, 6.07) is 4.28. The van der Waals surface area contributed by atoms with Crippen LogP contribution in [0.5, 0.6) is 0 Å². The molecule has 0 spiro atoms. The van der Waals surface area contributed by atoms with E-state index in [-0.39, 0.29) is 0 Å². The van der Waals surface area contributed by atoms with Gasteiger partial charge in [-0.2, -0.15) is 0 Å². The lowest BCUT2D eigenvalue weighted by molar-refractivity contribution is 1.06. The molecule has 0 heterocycles. The molecule has 1 aromatic carbocycles. The van der Waals surface area contributed by atoms with E-state index in [0.717, 1.165) is 0 Å². The molecule has 0 saturated heterocycles. The van der Waals surface area contributed by atoms with Crippen molar-refractivity contribution in [3.05, 3.63) is 28.8 Å². The fourth-order valence-electron chi connectivity index (χ4n) is 1.57. The third-order valence-corrected chi connectivity index (χ3v) is 2.03. The zero-order valence-corrected chi connectivity index (χ0v) is 7.94. The molecule has 3 N–H and O–H groups in total. The maximum atomic E-state index is 5.62. The first kappa shape index (κ1) is 9.07. The van der Waals surface area contributed by atoms with Gasteiger partial charge in [-0.1, -0.05) is 17.7 Å². The fraction of sp³-hybridized carbons (Fsp3) is 0.400. The van der Waals surface area contributed by atoms with Crippen LogP contribution in [-0.2, 0) is 6.54 Å². The Balaban J connectivity index is 3.24. The standard InChI is InChI=1S/C10H16N2/c1-7-4-8(2)10(12-3)9(5-7)6-11/h4-5,12H,6,11H2,1-3H3. The van der Waals surface area contributed by atoms with Crippen molar-refractivity contribution in [1.29, 1.82) is 0 Å². The van der Waals surface area contributed by atoms with E-state index in [4.69, 9.17) is 5.73 Å². The minimum absolute atomic E-state index is 0.596. The van der Waals surface area contributed by atoms with E-state index in [1.54, 1.807) is 0 Å². The molecule has 0 amide bonds. The summed E-state index contributed by atoms with van der Waals surface area (Å²) in [4.78, 5) is 0. The van der Waals surface area contributed by atoms with Gasteiger partial charge in [0.25, 0.3) is 0 Å². The second-order valence-electron chi connectivity index (χ2n) is 3.07. The van der Waals surface area contributed by atoms with Crippen LogP contribution in [0.3, 0.4) is 0 Å². The van der Waals surface area contributed by atoms with Gasteiger partial charge in [0.2, 0.25) is 0 Å². The molecule has 0 saturated carbocycles. The second-order valence-corrected chi connectivity index (χ2v) is 3.07. The first-order chi connectivity index (χ1) is 5.69. The van der Waals surface area contributed by atoms with Gasteiger partial charge in [0.05, 0.1) is 0 Å². The molecule has 0 unspecified atom stereocenters. The van der Waals surface area contributed by atoms with Crippen LogP contribution in [0.4, 0.5) is 5.69 Å². The summed E-state index contributed by atoms with van der Waals surface area (Å²) in [6.45, 7) is 4.78. The van der Waals surface area contributed by atoms with Crippen LogP contribution in [-0.4, -0.2) is 7.05 Å². The Bertz CT molecular complexity index is 279. The Hall–Kier alpha value is -1.02. The van der Waals surface area contributed by atoms with Crippen LogP contribution in [0, 0.1) is 13.8 Å². The van der Waals surface area contributed by atoms with Gasteiger partial charge in [-0.15, -0.1) is 0 Å². The summed E-state index contributed by atoms with van der Waals surface area (Å²) in [5.41, 5.74) is 10.5. The molecule has 66 valence electrons. The lowest BCUT2D eigenvalue weighted by Gasteiger charge is -2.11.